The van der Waals surface area contributed by atoms with Crippen LogP contribution >= 0.6 is 0 Å². The smallest absolute Gasteiger partial charge is 0.161 e. The zero-order valence-electron chi connectivity index (χ0n) is 19.2. The monoisotopic (exact) mass is 428 g/mol. The molecule has 1 heterocycles. The predicted molar refractivity (Wildman–Crippen MR) is 123 cm³/mol. The highest BCUT2D eigenvalue weighted by Gasteiger charge is 2.27. The molecule has 170 valence electrons. The Labute approximate surface area is 186 Å². The van der Waals surface area contributed by atoms with E-state index in [0.717, 1.165) is 50.5 Å². The first kappa shape index (κ1) is 23.4. The van der Waals surface area contributed by atoms with Crippen molar-refractivity contribution in [3.05, 3.63) is 52.6 Å². The summed E-state index contributed by atoms with van der Waals surface area (Å²) in [6.45, 7) is 11.4. The van der Waals surface area contributed by atoms with Crippen molar-refractivity contribution in [1.29, 1.82) is 0 Å². The summed E-state index contributed by atoms with van der Waals surface area (Å²) in [7, 11) is 1.71. The van der Waals surface area contributed by atoms with E-state index in [4.69, 9.17) is 9.47 Å². The summed E-state index contributed by atoms with van der Waals surface area (Å²) >= 11 is 0. The minimum absolute atomic E-state index is 0.179. The molecule has 0 saturated carbocycles. The molecule has 1 fully saturated rings. The van der Waals surface area contributed by atoms with E-state index in [9.17, 15) is 10.2 Å². The molecule has 3 rings (SSSR count). The first-order chi connectivity index (χ1) is 15.0. The normalized spacial score (nSPS) is 17.6. The molecule has 1 aliphatic rings. The number of benzene rings is 2. The van der Waals surface area contributed by atoms with Crippen molar-refractivity contribution in [3.8, 4) is 17.2 Å². The number of methoxy groups -OCH3 is 1. The molecule has 1 atom stereocenters. The van der Waals surface area contributed by atoms with Gasteiger partial charge in [0, 0.05) is 45.4 Å². The first-order valence-corrected chi connectivity index (χ1v) is 11.1. The molecule has 1 aliphatic heterocycles. The van der Waals surface area contributed by atoms with Crippen molar-refractivity contribution < 1.29 is 19.7 Å². The molecule has 2 aromatic rings. The van der Waals surface area contributed by atoms with Crippen molar-refractivity contribution in [2.75, 3.05) is 40.0 Å². The van der Waals surface area contributed by atoms with Gasteiger partial charge in [0.1, 0.15) is 5.75 Å². The minimum Gasteiger partial charge on any atom is -0.504 e. The SMILES string of the molecule is CCOc1cc(CN2CCN(Cc3ccc(OC)c(C)c3C)C(CCO)C2)ccc1O. The van der Waals surface area contributed by atoms with Gasteiger partial charge in [-0.15, -0.1) is 0 Å². The second kappa shape index (κ2) is 10.8. The molecular weight excluding hydrogens is 392 g/mol. The Morgan fingerprint density at radius 3 is 2.55 bits per heavy atom. The second-order valence-corrected chi connectivity index (χ2v) is 8.28. The van der Waals surface area contributed by atoms with Gasteiger partial charge in [-0.3, -0.25) is 9.80 Å². The summed E-state index contributed by atoms with van der Waals surface area (Å²) in [4.78, 5) is 4.91. The van der Waals surface area contributed by atoms with Gasteiger partial charge in [-0.25, -0.2) is 0 Å². The molecule has 1 saturated heterocycles. The molecule has 6 nitrogen and oxygen atoms in total. The van der Waals surface area contributed by atoms with Crippen LogP contribution in [0.1, 0.15) is 35.6 Å². The van der Waals surface area contributed by atoms with Crippen LogP contribution in [0.4, 0.5) is 0 Å². The average molecular weight is 429 g/mol. The summed E-state index contributed by atoms with van der Waals surface area (Å²) in [5.74, 6) is 1.65. The van der Waals surface area contributed by atoms with Gasteiger partial charge in [0.05, 0.1) is 13.7 Å². The Bertz CT molecular complexity index is 871. The Hall–Kier alpha value is -2.28. The molecule has 2 aromatic carbocycles. The molecule has 0 aliphatic carbocycles. The van der Waals surface area contributed by atoms with E-state index in [1.165, 1.54) is 16.7 Å². The fourth-order valence-corrected chi connectivity index (χ4v) is 4.38. The molecule has 0 radical (unpaired) electrons. The van der Waals surface area contributed by atoms with Crippen LogP contribution in [0.3, 0.4) is 0 Å². The third-order valence-electron chi connectivity index (χ3n) is 6.32. The molecule has 1 unspecified atom stereocenters. The van der Waals surface area contributed by atoms with Gasteiger partial charge >= 0.3 is 0 Å². The van der Waals surface area contributed by atoms with Crippen molar-refractivity contribution >= 4 is 0 Å². The summed E-state index contributed by atoms with van der Waals surface area (Å²) in [5.41, 5.74) is 4.90. The van der Waals surface area contributed by atoms with Gasteiger partial charge < -0.3 is 19.7 Å². The van der Waals surface area contributed by atoms with Crippen molar-refractivity contribution in [2.24, 2.45) is 0 Å². The number of ether oxygens (including phenoxy) is 2. The fraction of sp³-hybridized carbons (Fsp3) is 0.520. The van der Waals surface area contributed by atoms with Gasteiger partial charge in [0.15, 0.2) is 11.5 Å². The summed E-state index contributed by atoms with van der Waals surface area (Å²) in [6, 6.07) is 10.1. The van der Waals surface area contributed by atoms with Crippen LogP contribution in [0, 0.1) is 13.8 Å². The molecule has 0 aromatic heterocycles. The second-order valence-electron chi connectivity index (χ2n) is 8.28. The topological polar surface area (TPSA) is 65.4 Å². The van der Waals surface area contributed by atoms with Crippen molar-refractivity contribution in [1.82, 2.24) is 9.80 Å². The molecule has 0 amide bonds. The number of phenols is 1. The molecule has 0 bridgehead atoms. The first-order valence-electron chi connectivity index (χ1n) is 11.1. The Morgan fingerprint density at radius 2 is 1.84 bits per heavy atom. The molecule has 0 spiro atoms. The zero-order chi connectivity index (χ0) is 22.4. The van der Waals surface area contributed by atoms with Gasteiger partial charge in [0.25, 0.3) is 0 Å². The maximum absolute atomic E-state index is 9.95. The van der Waals surface area contributed by atoms with E-state index >= 15 is 0 Å². The maximum Gasteiger partial charge on any atom is 0.161 e. The third kappa shape index (κ3) is 5.70. The minimum atomic E-state index is 0.179. The highest BCUT2D eigenvalue weighted by atomic mass is 16.5. The largest absolute Gasteiger partial charge is 0.504 e. The lowest BCUT2D eigenvalue weighted by Gasteiger charge is -2.42. The fourth-order valence-electron chi connectivity index (χ4n) is 4.38. The number of phenolic OH excluding ortho intramolecular Hbond substituents is 1. The molecular formula is C25H36N2O4. The summed E-state index contributed by atoms with van der Waals surface area (Å²) in [5, 5.41) is 19.6. The number of aromatic hydroxyl groups is 1. The van der Waals surface area contributed by atoms with Gasteiger partial charge in [-0.05, 0) is 67.6 Å². The van der Waals surface area contributed by atoms with Crippen LogP contribution in [-0.4, -0.2) is 66.0 Å². The molecule has 31 heavy (non-hydrogen) atoms. The number of hydrogen-bond donors (Lipinski definition) is 2. The molecule has 6 heteroatoms. The van der Waals surface area contributed by atoms with E-state index in [-0.39, 0.29) is 12.4 Å². The van der Waals surface area contributed by atoms with E-state index in [1.54, 1.807) is 13.2 Å². The Morgan fingerprint density at radius 1 is 1.03 bits per heavy atom. The van der Waals surface area contributed by atoms with Crippen LogP contribution in [0.5, 0.6) is 17.2 Å². The van der Waals surface area contributed by atoms with Crippen LogP contribution in [-0.2, 0) is 13.1 Å². The Kier molecular flexibility index (Phi) is 8.18. The van der Waals surface area contributed by atoms with Gasteiger partial charge in [-0.1, -0.05) is 12.1 Å². The standard InChI is InChI=1S/C25H36N2O4/c1-5-31-25-14-20(6-8-23(25)29)15-26-11-12-27(22(17-26)10-13-28)16-21-7-9-24(30-4)19(3)18(21)2/h6-9,14,22,28-29H,5,10-13,15-17H2,1-4H3. The van der Waals surface area contributed by atoms with Gasteiger partial charge in [-0.2, -0.15) is 0 Å². The van der Waals surface area contributed by atoms with Crippen LogP contribution in [0.2, 0.25) is 0 Å². The average Bonchev–Trinajstić information content (AvgIpc) is 2.76. The number of aliphatic hydroxyl groups excluding tert-OH is 1. The number of hydrogen-bond acceptors (Lipinski definition) is 6. The van der Waals surface area contributed by atoms with E-state index in [1.807, 2.05) is 19.1 Å². The number of piperazine rings is 1. The predicted octanol–water partition coefficient (Wildman–Crippen LogP) is 3.49. The number of nitrogens with zero attached hydrogens (tertiary/aromatic N) is 2. The Balaban J connectivity index is 1.68. The lowest BCUT2D eigenvalue weighted by Crippen LogP contribution is -2.52. The van der Waals surface area contributed by atoms with E-state index in [2.05, 4.69) is 35.8 Å². The van der Waals surface area contributed by atoms with E-state index in [0.29, 0.717) is 18.4 Å². The summed E-state index contributed by atoms with van der Waals surface area (Å²) < 4.78 is 11.0. The lowest BCUT2D eigenvalue weighted by atomic mass is 10.00. The third-order valence-corrected chi connectivity index (χ3v) is 6.32. The highest BCUT2D eigenvalue weighted by Crippen LogP contribution is 2.29. The van der Waals surface area contributed by atoms with Crippen molar-refractivity contribution in [3.63, 3.8) is 0 Å². The van der Waals surface area contributed by atoms with Crippen molar-refractivity contribution in [2.45, 2.75) is 46.3 Å². The van der Waals surface area contributed by atoms with Gasteiger partial charge in [0.2, 0.25) is 0 Å². The van der Waals surface area contributed by atoms with E-state index < -0.39 is 0 Å². The number of aliphatic hydroxyl groups is 1. The van der Waals surface area contributed by atoms with Crippen LogP contribution in [0.15, 0.2) is 30.3 Å². The zero-order valence-corrected chi connectivity index (χ0v) is 19.2. The van der Waals surface area contributed by atoms with Crippen LogP contribution in [0.25, 0.3) is 0 Å². The van der Waals surface area contributed by atoms with Crippen LogP contribution < -0.4 is 9.47 Å². The quantitative estimate of drug-likeness (QED) is 0.638. The molecule has 2 N–H and O–H groups in total. The maximum atomic E-state index is 9.95. The lowest BCUT2D eigenvalue weighted by molar-refractivity contribution is 0.0498. The number of rotatable bonds is 9. The summed E-state index contributed by atoms with van der Waals surface area (Å²) in [6.07, 6.45) is 0.754. The highest BCUT2D eigenvalue weighted by molar-refractivity contribution is 5.44.